The van der Waals surface area contributed by atoms with E-state index in [4.69, 9.17) is 21.8 Å². The van der Waals surface area contributed by atoms with Gasteiger partial charge in [0.25, 0.3) is 5.91 Å². The van der Waals surface area contributed by atoms with Crippen molar-refractivity contribution >= 4 is 28.5 Å². The summed E-state index contributed by atoms with van der Waals surface area (Å²) < 4.78 is 5.87. The Morgan fingerprint density at radius 1 is 1.05 bits per heavy atom. The van der Waals surface area contributed by atoms with Gasteiger partial charge >= 0.3 is 0 Å². The second kappa shape index (κ2) is 12.2. The van der Waals surface area contributed by atoms with E-state index in [1.54, 1.807) is 24.5 Å². The van der Waals surface area contributed by atoms with Crippen molar-refractivity contribution < 1.29 is 9.21 Å². The Hall–Kier alpha value is -3.41. The second-order valence-corrected chi connectivity index (χ2v) is 10.2. The lowest BCUT2D eigenvalue weighted by atomic mass is 9.84. The van der Waals surface area contributed by atoms with Gasteiger partial charge in [0.15, 0.2) is 5.43 Å². The van der Waals surface area contributed by atoms with E-state index in [9.17, 15) is 9.59 Å². The van der Waals surface area contributed by atoms with Gasteiger partial charge in [-0.1, -0.05) is 66.6 Å². The van der Waals surface area contributed by atoms with E-state index >= 15 is 0 Å². The zero-order chi connectivity index (χ0) is 26.4. The third-order valence-corrected chi connectivity index (χ3v) is 6.96. The van der Waals surface area contributed by atoms with E-state index in [-0.39, 0.29) is 23.2 Å². The minimum absolute atomic E-state index is 0.00124. The smallest absolute Gasteiger partial charge is 0.253 e. The highest BCUT2D eigenvalue weighted by molar-refractivity contribution is 6.31. The van der Waals surface area contributed by atoms with Gasteiger partial charge in [0, 0.05) is 41.2 Å². The minimum atomic E-state index is -0.182. The van der Waals surface area contributed by atoms with E-state index < -0.39 is 0 Å². The Morgan fingerprint density at radius 2 is 1.78 bits per heavy atom. The first-order chi connectivity index (χ1) is 17.9. The molecule has 6 heteroatoms. The van der Waals surface area contributed by atoms with E-state index in [1.165, 1.54) is 0 Å². The van der Waals surface area contributed by atoms with Crippen LogP contribution in [-0.2, 0) is 0 Å². The Labute approximate surface area is 222 Å². The molecule has 1 amide bonds. The second-order valence-electron chi connectivity index (χ2n) is 9.72. The van der Waals surface area contributed by atoms with Crippen LogP contribution in [0, 0.1) is 12.8 Å². The first-order valence-electron chi connectivity index (χ1n) is 12.7. The lowest BCUT2D eigenvalue weighted by molar-refractivity contribution is 0.0727. The molecule has 2 atom stereocenters. The summed E-state index contributed by atoms with van der Waals surface area (Å²) in [4.78, 5) is 28.8. The molecule has 1 aromatic heterocycles. The largest absolute Gasteiger partial charge is 0.464 e. The number of hydrogen-bond acceptors (Lipinski definition) is 4. The fourth-order valence-corrected chi connectivity index (χ4v) is 4.94. The predicted octanol–water partition coefficient (Wildman–Crippen LogP) is 6.40. The van der Waals surface area contributed by atoms with Crippen molar-refractivity contribution in [2.24, 2.45) is 11.7 Å². The summed E-state index contributed by atoms with van der Waals surface area (Å²) in [6.45, 7) is 5.79. The van der Waals surface area contributed by atoms with Gasteiger partial charge in [-0.05, 0) is 62.1 Å². The minimum Gasteiger partial charge on any atom is -0.464 e. The topological polar surface area (TPSA) is 76.5 Å². The number of carbonyl (C=O) groups excluding carboxylic acids is 1. The quantitative estimate of drug-likeness (QED) is 0.264. The van der Waals surface area contributed by atoms with E-state index in [1.807, 2.05) is 66.4 Å². The monoisotopic (exact) mass is 516 g/mol. The molecule has 0 bridgehead atoms. The van der Waals surface area contributed by atoms with E-state index in [2.05, 4.69) is 6.92 Å². The van der Waals surface area contributed by atoms with Crippen LogP contribution < -0.4 is 11.2 Å². The molecular weight excluding hydrogens is 484 g/mol. The number of benzene rings is 3. The maximum Gasteiger partial charge on any atom is 0.253 e. The molecule has 0 saturated carbocycles. The molecule has 37 heavy (non-hydrogen) atoms. The van der Waals surface area contributed by atoms with Gasteiger partial charge in [-0.25, -0.2) is 0 Å². The van der Waals surface area contributed by atoms with Crippen molar-refractivity contribution in [1.82, 2.24) is 4.90 Å². The summed E-state index contributed by atoms with van der Waals surface area (Å²) in [5.74, 6) is -0.0743. The molecule has 2 unspecified atom stereocenters. The Balaban J connectivity index is 1.63. The molecule has 0 fully saturated rings. The van der Waals surface area contributed by atoms with Crippen molar-refractivity contribution in [3.05, 3.63) is 117 Å². The summed E-state index contributed by atoms with van der Waals surface area (Å²) in [7, 11) is 0. The highest BCUT2D eigenvalue weighted by atomic mass is 35.5. The molecule has 4 aromatic rings. The van der Waals surface area contributed by atoms with Crippen molar-refractivity contribution in [1.29, 1.82) is 0 Å². The highest BCUT2D eigenvalue weighted by Gasteiger charge is 2.25. The number of carbonyl (C=O) groups is 1. The number of aryl methyl sites for hydroxylation is 1. The summed E-state index contributed by atoms with van der Waals surface area (Å²) in [6, 6.07) is 22.7. The average molecular weight is 517 g/mol. The molecule has 5 nitrogen and oxygen atoms in total. The standard InChI is InChI=1S/C31H33ClN2O3/c1-21-9-11-24(12-10-21)31(36)34(16-6-15-33)19-22(2)17-27(23-7-4-3-5-8-23)28-20-37-29-18-25(32)13-14-26(29)30(28)35/h3-5,7-14,18,20,22,27H,6,15-17,19,33H2,1-2H3. The summed E-state index contributed by atoms with van der Waals surface area (Å²) >= 11 is 6.10. The van der Waals surface area contributed by atoms with Crippen molar-refractivity contribution in [3.63, 3.8) is 0 Å². The number of halogens is 1. The maximum absolute atomic E-state index is 13.5. The molecule has 2 N–H and O–H groups in total. The van der Waals surface area contributed by atoms with Crippen LogP contribution in [0.5, 0.6) is 0 Å². The molecule has 0 aliphatic carbocycles. The Kier molecular flexibility index (Phi) is 8.80. The lowest BCUT2D eigenvalue weighted by Crippen LogP contribution is -2.37. The van der Waals surface area contributed by atoms with Crippen molar-refractivity contribution in [3.8, 4) is 0 Å². The van der Waals surface area contributed by atoms with Crippen LogP contribution in [0.1, 0.15) is 52.7 Å². The zero-order valence-electron chi connectivity index (χ0n) is 21.3. The number of hydrogen-bond donors (Lipinski definition) is 1. The maximum atomic E-state index is 13.5. The van der Waals surface area contributed by atoms with Crippen molar-refractivity contribution in [2.75, 3.05) is 19.6 Å². The van der Waals surface area contributed by atoms with Crippen LogP contribution in [0.15, 0.2) is 88.3 Å². The number of amides is 1. The summed E-state index contributed by atoms with van der Waals surface area (Å²) in [5.41, 5.74) is 9.61. The first-order valence-corrected chi connectivity index (χ1v) is 13.1. The van der Waals surface area contributed by atoms with Gasteiger partial charge in [0.05, 0.1) is 11.6 Å². The van der Waals surface area contributed by atoms with Crippen LogP contribution >= 0.6 is 11.6 Å². The molecule has 0 radical (unpaired) electrons. The van der Waals surface area contributed by atoms with Gasteiger partial charge in [-0.2, -0.15) is 0 Å². The fraction of sp³-hybridized carbons (Fsp3) is 0.290. The molecule has 3 aromatic carbocycles. The van der Waals surface area contributed by atoms with Gasteiger partial charge in [0.1, 0.15) is 5.58 Å². The number of rotatable bonds is 10. The van der Waals surface area contributed by atoms with Crippen LogP contribution in [0.2, 0.25) is 5.02 Å². The van der Waals surface area contributed by atoms with Crippen molar-refractivity contribution in [2.45, 2.75) is 32.6 Å². The third kappa shape index (κ3) is 6.48. The van der Waals surface area contributed by atoms with Gasteiger partial charge in [0.2, 0.25) is 0 Å². The zero-order valence-corrected chi connectivity index (χ0v) is 22.1. The molecule has 4 rings (SSSR count). The molecular formula is C31H33ClN2O3. The van der Waals surface area contributed by atoms with Crippen LogP contribution in [0.4, 0.5) is 0 Å². The van der Waals surface area contributed by atoms with Crippen LogP contribution in [-0.4, -0.2) is 30.4 Å². The molecule has 0 saturated heterocycles. The highest BCUT2D eigenvalue weighted by Crippen LogP contribution is 2.31. The molecule has 1 heterocycles. The Bertz CT molecular complexity index is 1400. The van der Waals surface area contributed by atoms with Crippen LogP contribution in [0.3, 0.4) is 0 Å². The first kappa shape index (κ1) is 26.6. The lowest BCUT2D eigenvalue weighted by Gasteiger charge is -2.28. The number of fused-ring (bicyclic) bond motifs is 1. The molecule has 0 aliphatic heterocycles. The molecule has 0 aliphatic rings. The fourth-order valence-electron chi connectivity index (χ4n) is 4.78. The van der Waals surface area contributed by atoms with E-state index in [0.29, 0.717) is 53.2 Å². The average Bonchev–Trinajstić information content (AvgIpc) is 2.90. The molecule has 192 valence electrons. The van der Waals surface area contributed by atoms with Crippen LogP contribution in [0.25, 0.3) is 11.0 Å². The third-order valence-electron chi connectivity index (χ3n) is 6.73. The van der Waals surface area contributed by atoms with Gasteiger partial charge < -0.3 is 15.1 Å². The Morgan fingerprint density at radius 3 is 2.49 bits per heavy atom. The van der Waals surface area contributed by atoms with Gasteiger partial charge in [-0.3, -0.25) is 9.59 Å². The summed E-state index contributed by atoms with van der Waals surface area (Å²) in [5, 5.41) is 1.03. The van der Waals surface area contributed by atoms with E-state index in [0.717, 1.165) is 17.5 Å². The predicted molar refractivity (Wildman–Crippen MR) is 150 cm³/mol. The number of nitrogens with two attached hydrogens (primary N) is 1. The normalized spacial score (nSPS) is 12.9. The number of nitrogens with zero attached hydrogens (tertiary/aromatic N) is 1. The van der Waals surface area contributed by atoms with Gasteiger partial charge in [-0.15, -0.1) is 0 Å². The summed E-state index contributed by atoms with van der Waals surface area (Å²) in [6.07, 6.45) is 2.96. The SMILES string of the molecule is Cc1ccc(C(=O)N(CCCN)CC(C)CC(c2ccccc2)c2coc3cc(Cl)ccc3c2=O)cc1. The molecule has 0 spiro atoms.